The Morgan fingerprint density at radius 3 is 2.29 bits per heavy atom. The van der Waals surface area contributed by atoms with Crippen molar-refractivity contribution < 1.29 is 27.1 Å². The van der Waals surface area contributed by atoms with Crippen LogP contribution in [0.25, 0.3) is 0 Å². The number of hydrogen-bond acceptors (Lipinski definition) is 4. The van der Waals surface area contributed by atoms with E-state index in [1.54, 1.807) is 20.8 Å². The van der Waals surface area contributed by atoms with Crippen molar-refractivity contribution in [2.75, 3.05) is 0 Å². The number of nitriles is 1. The van der Waals surface area contributed by atoms with E-state index in [0.717, 1.165) is 12.1 Å². The number of rotatable bonds is 2. The fourth-order valence-corrected chi connectivity index (χ4v) is 3.08. The average Bonchev–Trinajstić information content (AvgIpc) is 2.51. The molecule has 0 fully saturated rings. The molecule has 0 radical (unpaired) electrons. The van der Waals surface area contributed by atoms with Crippen molar-refractivity contribution in [2.45, 2.75) is 52.3 Å². The highest BCUT2D eigenvalue weighted by Crippen LogP contribution is 2.44. The van der Waals surface area contributed by atoms with E-state index in [4.69, 9.17) is 4.74 Å². The summed E-state index contributed by atoms with van der Waals surface area (Å²) in [5.74, 6) is -3.25. The number of esters is 1. The van der Waals surface area contributed by atoms with Crippen LogP contribution >= 0.6 is 0 Å². The first-order chi connectivity index (χ1) is 12.8. The molecule has 1 N–H and O–H groups in total. The van der Waals surface area contributed by atoms with Crippen LogP contribution in [-0.4, -0.2) is 11.6 Å². The fraction of sp³-hybridized carbons (Fsp3) is 0.400. The maximum atomic E-state index is 13.6. The number of dihydropyridines is 1. The largest absolute Gasteiger partial charge is 0.457 e. The van der Waals surface area contributed by atoms with E-state index >= 15 is 0 Å². The lowest BCUT2D eigenvalue weighted by Gasteiger charge is -2.31. The Morgan fingerprint density at radius 1 is 1.18 bits per heavy atom. The Kier molecular flexibility index (Phi) is 5.60. The van der Waals surface area contributed by atoms with Gasteiger partial charge in [0.15, 0.2) is 0 Å². The molecule has 4 nitrogen and oxygen atoms in total. The number of halogens is 4. The van der Waals surface area contributed by atoms with Gasteiger partial charge in [-0.3, -0.25) is 0 Å². The summed E-state index contributed by atoms with van der Waals surface area (Å²) in [5.41, 5.74) is -2.12. The molecule has 1 heterocycles. The fourth-order valence-electron chi connectivity index (χ4n) is 3.08. The molecule has 0 saturated carbocycles. The summed E-state index contributed by atoms with van der Waals surface area (Å²) in [7, 11) is 0. The molecule has 0 saturated heterocycles. The van der Waals surface area contributed by atoms with Gasteiger partial charge in [-0.25, -0.2) is 9.18 Å². The monoisotopic (exact) mass is 396 g/mol. The molecule has 1 unspecified atom stereocenters. The Balaban J connectivity index is 2.77. The Labute approximate surface area is 160 Å². The molecule has 0 aliphatic carbocycles. The van der Waals surface area contributed by atoms with Crippen LogP contribution < -0.4 is 5.32 Å². The topological polar surface area (TPSA) is 62.1 Å². The lowest BCUT2D eigenvalue weighted by atomic mass is 9.79. The van der Waals surface area contributed by atoms with Crippen LogP contribution in [0.1, 0.15) is 51.7 Å². The molecule has 1 aromatic carbocycles. The average molecular weight is 396 g/mol. The first kappa shape index (κ1) is 21.5. The lowest BCUT2D eigenvalue weighted by Crippen LogP contribution is -2.33. The third-order valence-corrected chi connectivity index (χ3v) is 4.13. The maximum absolute atomic E-state index is 13.6. The summed E-state index contributed by atoms with van der Waals surface area (Å²) in [4.78, 5) is 12.8. The van der Waals surface area contributed by atoms with Crippen molar-refractivity contribution >= 4 is 5.97 Å². The summed E-state index contributed by atoms with van der Waals surface area (Å²) in [6.45, 7) is 7.91. The second-order valence-electron chi connectivity index (χ2n) is 7.48. The van der Waals surface area contributed by atoms with Crippen LogP contribution in [0, 0.1) is 17.1 Å². The number of hydrogen-bond donors (Lipinski definition) is 1. The molecule has 0 amide bonds. The summed E-state index contributed by atoms with van der Waals surface area (Å²) in [5, 5.41) is 12.4. The van der Waals surface area contributed by atoms with E-state index in [9.17, 15) is 27.6 Å². The van der Waals surface area contributed by atoms with Gasteiger partial charge in [0.1, 0.15) is 11.4 Å². The number of alkyl halides is 3. The maximum Gasteiger partial charge on any atom is 0.416 e. The van der Waals surface area contributed by atoms with E-state index in [2.05, 4.69) is 5.32 Å². The van der Waals surface area contributed by atoms with Crippen LogP contribution in [0.5, 0.6) is 0 Å². The van der Waals surface area contributed by atoms with Crippen molar-refractivity contribution in [3.63, 3.8) is 0 Å². The summed E-state index contributed by atoms with van der Waals surface area (Å²) in [6, 6.07) is 4.07. The second-order valence-corrected chi connectivity index (χ2v) is 7.48. The van der Waals surface area contributed by atoms with Gasteiger partial charge in [-0.05, 0) is 52.3 Å². The van der Waals surface area contributed by atoms with Crippen molar-refractivity contribution in [2.24, 2.45) is 0 Å². The van der Waals surface area contributed by atoms with E-state index in [0.29, 0.717) is 11.8 Å². The number of allylic oxidation sites excluding steroid dienone is 3. The number of carbonyl (C=O) groups excluding carboxylic acids is 1. The minimum absolute atomic E-state index is 0.0661. The van der Waals surface area contributed by atoms with Crippen molar-refractivity contribution in [1.82, 2.24) is 5.32 Å². The van der Waals surface area contributed by atoms with Crippen LogP contribution in [-0.2, 0) is 15.7 Å². The summed E-state index contributed by atoms with van der Waals surface area (Å²) >= 11 is 0. The highest BCUT2D eigenvalue weighted by molar-refractivity contribution is 5.93. The van der Waals surface area contributed by atoms with Crippen molar-refractivity contribution in [1.29, 1.82) is 5.26 Å². The molecular weight excluding hydrogens is 376 g/mol. The Hall–Kier alpha value is -2.82. The lowest BCUT2D eigenvalue weighted by molar-refractivity contribution is -0.150. The van der Waals surface area contributed by atoms with Crippen LogP contribution in [0.15, 0.2) is 40.7 Å². The molecule has 0 aromatic heterocycles. The highest BCUT2D eigenvalue weighted by Gasteiger charge is 2.42. The zero-order chi connectivity index (χ0) is 21.4. The molecule has 1 atom stereocenters. The Bertz CT molecular complexity index is 916. The number of nitrogens with zero attached hydrogens (tertiary/aromatic N) is 1. The molecule has 8 heteroatoms. The molecule has 1 aromatic rings. The van der Waals surface area contributed by atoms with Gasteiger partial charge in [0.05, 0.1) is 28.7 Å². The molecule has 1 aliphatic rings. The van der Waals surface area contributed by atoms with Crippen LogP contribution in [0.2, 0.25) is 0 Å². The number of carbonyl (C=O) groups is 1. The number of benzene rings is 1. The van der Waals surface area contributed by atoms with Gasteiger partial charge < -0.3 is 10.1 Å². The zero-order valence-corrected chi connectivity index (χ0v) is 16.1. The van der Waals surface area contributed by atoms with Gasteiger partial charge >= 0.3 is 12.1 Å². The van der Waals surface area contributed by atoms with Gasteiger partial charge in [-0.15, -0.1) is 0 Å². The normalized spacial score (nSPS) is 17.9. The first-order valence-electron chi connectivity index (χ1n) is 8.45. The predicted octanol–water partition coefficient (Wildman–Crippen LogP) is 4.94. The molecule has 1 aliphatic heterocycles. The van der Waals surface area contributed by atoms with Gasteiger partial charge in [0.2, 0.25) is 0 Å². The van der Waals surface area contributed by atoms with E-state index in [1.165, 1.54) is 13.8 Å². The second kappa shape index (κ2) is 7.30. The number of ether oxygens (including phenoxy) is 1. The standard InChI is InChI=1S/C20H20F4N2O2/c1-10-14(9-25)17(13-7-6-12(21)8-15(13)20(22,23)24)16(11(2)26-10)18(27)28-19(3,4)5/h6-8,17,26H,1-5H3. The molecule has 150 valence electrons. The van der Waals surface area contributed by atoms with Gasteiger partial charge in [0, 0.05) is 11.4 Å². The van der Waals surface area contributed by atoms with E-state index < -0.39 is 35.0 Å². The third kappa shape index (κ3) is 4.35. The minimum atomic E-state index is -4.87. The van der Waals surface area contributed by atoms with Crippen LogP contribution in [0.3, 0.4) is 0 Å². The quantitative estimate of drug-likeness (QED) is 0.568. The summed E-state index contributed by atoms with van der Waals surface area (Å²) in [6.07, 6.45) is -4.87. The van der Waals surface area contributed by atoms with Crippen molar-refractivity contribution in [3.8, 4) is 6.07 Å². The zero-order valence-electron chi connectivity index (χ0n) is 16.1. The van der Waals surface area contributed by atoms with Gasteiger partial charge in [0.25, 0.3) is 0 Å². The Morgan fingerprint density at radius 2 is 1.79 bits per heavy atom. The van der Waals surface area contributed by atoms with E-state index in [-0.39, 0.29) is 22.4 Å². The van der Waals surface area contributed by atoms with Crippen LogP contribution in [0.4, 0.5) is 17.6 Å². The van der Waals surface area contributed by atoms with Gasteiger partial charge in [-0.2, -0.15) is 18.4 Å². The molecule has 2 rings (SSSR count). The molecular formula is C20H20F4N2O2. The summed E-state index contributed by atoms with van der Waals surface area (Å²) < 4.78 is 59.7. The van der Waals surface area contributed by atoms with E-state index in [1.807, 2.05) is 6.07 Å². The minimum Gasteiger partial charge on any atom is -0.457 e. The highest BCUT2D eigenvalue weighted by atomic mass is 19.4. The molecule has 0 bridgehead atoms. The molecule has 28 heavy (non-hydrogen) atoms. The SMILES string of the molecule is CC1=C(C#N)C(c2ccc(F)cc2C(F)(F)F)C(C(=O)OC(C)(C)C)=C(C)N1. The first-order valence-corrected chi connectivity index (χ1v) is 8.45. The smallest absolute Gasteiger partial charge is 0.416 e. The predicted molar refractivity (Wildman–Crippen MR) is 94.1 cm³/mol. The van der Waals surface area contributed by atoms with Crippen molar-refractivity contribution in [3.05, 3.63) is 57.7 Å². The number of nitrogens with one attached hydrogen (secondary N) is 1. The third-order valence-electron chi connectivity index (χ3n) is 4.13. The van der Waals surface area contributed by atoms with Gasteiger partial charge in [-0.1, -0.05) is 6.07 Å². The molecule has 0 spiro atoms.